The Bertz CT molecular complexity index is 688. The largest absolute Gasteiger partial charge is 0.321 e. The van der Waals surface area contributed by atoms with E-state index in [0.717, 1.165) is 18.7 Å². The molecule has 0 saturated heterocycles. The second kappa shape index (κ2) is 5.34. The van der Waals surface area contributed by atoms with Gasteiger partial charge < -0.3 is 10.6 Å². The summed E-state index contributed by atoms with van der Waals surface area (Å²) in [4.78, 5) is 12.2. The molecule has 1 aliphatic heterocycles. The van der Waals surface area contributed by atoms with E-state index in [1.807, 2.05) is 12.1 Å². The Kier molecular flexibility index (Phi) is 3.54. The smallest absolute Gasteiger partial charge is 0.255 e. The molecule has 20 heavy (non-hydrogen) atoms. The van der Waals surface area contributed by atoms with E-state index in [4.69, 9.17) is 0 Å². The summed E-state index contributed by atoms with van der Waals surface area (Å²) in [6, 6.07) is 9.83. The average Bonchev–Trinajstić information content (AvgIpc) is 2.89. The molecule has 0 radical (unpaired) electrons. The van der Waals surface area contributed by atoms with Crippen LogP contribution in [0.5, 0.6) is 0 Å². The highest BCUT2D eigenvalue weighted by molar-refractivity contribution is 9.10. The van der Waals surface area contributed by atoms with Crippen LogP contribution in [0.15, 0.2) is 40.9 Å². The van der Waals surface area contributed by atoms with Crippen molar-refractivity contribution in [3.8, 4) is 0 Å². The predicted molar refractivity (Wildman–Crippen MR) is 79.0 cm³/mol. The van der Waals surface area contributed by atoms with E-state index in [1.54, 1.807) is 6.07 Å². The van der Waals surface area contributed by atoms with Gasteiger partial charge in [-0.15, -0.1) is 0 Å². The second-order valence-corrected chi connectivity index (χ2v) is 5.52. The van der Waals surface area contributed by atoms with Crippen molar-refractivity contribution in [1.82, 2.24) is 5.32 Å². The lowest BCUT2D eigenvalue weighted by Crippen LogP contribution is -2.12. The van der Waals surface area contributed by atoms with Crippen LogP contribution < -0.4 is 10.6 Å². The van der Waals surface area contributed by atoms with Crippen molar-refractivity contribution in [1.29, 1.82) is 0 Å². The van der Waals surface area contributed by atoms with Crippen LogP contribution in [0.4, 0.5) is 10.1 Å². The van der Waals surface area contributed by atoms with Crippen LogP contribution in [-0.2, 0) is 13.1 Å². The zero-order valence-electron chi connectivity index (χ0n) is 10.5. The van der Waals surface area contributed by atoms with E-state index in [9.17, 15) is 9.18 Å². The number of hydrogen-bond acceptors (Lipinski definition) is 2. The van der Waals surface area contributed by atoms with Gasteiger partial charge in [0, 0.05) is 23.1 Å². The van der Waals surface area contributed by atoms with Crippen molar-refractivity contribution in [3.05, 3.63) is 63.4 Å². The van der Waals surface area contributed by atoms with Crippen molar-refractivity contribution < 1.29 is 9.18 Å². The van der Waals surface area contributed by atoms with Gasteiger partial charge in [-0.05, 0) is 57.4 Å². The number of hydrogen-bond donors (Lipinski definition) is 2. The molecule has 1 heterocycles. The molecule has 2 N–H and O–H groups in total. The number of fused-ring (bicyclic) bond motifs is 1. The fraction of sp³-hybridized carbons (Fsp3) is 0.133. The molecule has 5 heteroatoms. The van der Waals surface area contributed by atoms with Crippen LogP contribution >= 0.6 is 15.9 Å². The Balaban J connectivity index is 1.82. The van der Waals surface area contributed by atoms with E-state index in [1.165, 1.54) is 23.8 Å². The summed E-state index contributed by atoms with van der Waals surface area (Å²) in [6.45, 7) is 1.64. The summed E-state index contributed by atoms with van der Waals surface area (Å²) in [6.07, 6.45) is 0. The maximum atomic E-state index is 13.0. The third-order valence-corrected chi connectivity index (χ3v) is 3.93. The fourth-order valence-corrected chi connectivity index (χ4v) is 2.67. The highest BCUT2D eigenvalue weighted by Crippen LogP contribution is 2.24. The molecule has 1 aliphatic rings. The molecule has 0 saturated carbocycles. The first-order valence-corrected chi connectivity index (χ1v) is 7.02. The van der Waals surface area contributed by atoms with Gasteiger partial charge in [0.15, 0.2) is 0 Å². The number of benzene rings is 2. The summed E-state index contributed by atoms with van der Waals surface area (Å²) in [5, 5.41) is 6.01. The van der Waals surface area contributed by atoms with Gasteiger partial charge in [-0.2, -0.15) is 0 Å². The van der Waals surface area contributed by atoms with Crippen LogP contribution in [0.25, 0.3) is 0 Å². The highest BCUT2D eigenvalue weighted by atomic mass is 79.9. The molecule has 0 spiro atoms. The Morgan fingerprint density at radius 2 is 1.95 bits per heavy atom. The second-order valence-electron chi connectivity index (χ2n) is 4.67. The van der Waals surface area contributed by atoms with Gasteiger partial charge in [-0.1, -0.05) is 6.07 Å². The Morgan fingerprint density at radius 1 is 1.15 bits per heavy atom. The SMILES string of the molecule is O=C(Nc1ccc(F)cc1Br)c1ccc2c(c1)CNC2. The number of amides is 1. The summed E-state index contributed by atoms with van der Waals surface area (Å²) >= 11 is 3.23. The maximum absolute atomic E-state index is 13.0. The van der Waals surface area contributed by atoms with E-state index in [-0.39, 0.29) is 11.7 Å². The minimum atomic E-state index is -0.349. The molecule has 102 valence electrons. The average molecular weight is 335 g/mol. The van der Waals surface area contributed by atoms with Crippen LogP contribution in [0.3, 0.4) is 0 Å². The Morgan fingerprint density at radius 3 is 2.75 bits per heavy atom. The molecule has 3 rings (SSSR count). The maximum Gasteiger partial charge on any atom is 0.255 e. The monoisotopic (exact) mass is 334 g/mol. The molecular weight excluding hydrogens is 323 g/mol. The first-order chi connectivity index (χ1) is 9.63. The van der Waals surface area contributed by atoms with Gasteiger partial charge in [-0.25, -0.2) is 4.39 Å². The highest BCUT2D eigenvalue weighted by Gasteiger charge is 2.14. The lowest BCUT2D eigenvalue weighted by Gasteiger charge is -2.08. The topological polar surface area (TPSA) is 41.1 Å². The molecule has 0 atom stereocenters. The number of rotatable bonds is 2. The van der Waals surface area contributed by atoms with Gasteiger partial charge in [0.1, 0.15) is 5.82 Å². The van der Waals surface area contributed by atoms with E-state index < -0.39 is 0 Å². The molecular formula is C15H12BrFN2O. The molecule has 0 bridgehead atoms. The van der Waals surface area contributed by atoms with Gasteiger partial charge >= 0.3 is 0 Å². The third kappa shape index (κ3) is 2.59. The molecule has 0 aliphatic carbocycles. The number of carbonyl (C=O) groups excluding carboxylic acids is 1. The molecule has 3 nitrogen and oxygen atoms in total. The molecule has 2 aromatic rings. The van der Waals surface area contributed by atoms with Crippen molar-refractivity contribution in [3.63, 3.8) is 0 Å². The standard InChI is InChI=1S/C15H12BrFN2O/c16-13-6-12(17)3-4-14(13)19-15(20)9-1-2-10-7-18-8-11(10)5-9/h1-6,18H,7-8H2,(H,19,20). The first-order valence-electron chi connectivity index (χ1n) is 6.22. The zero-order valence-corrected chi connectivity index (χ0v) is 12.1. The fourth-order valence-electron chi connectivity index (χ4n) is 2.22. The van der Waals surface area contributed by atoms with Crippen LogP contribution in [-0.4, -0.2) is 5.91 Å². The van der Waals surface area contributed by atoms with Crippen LogP contribution in [0, 0.1) is 5.82 Å². The zero-order chi connectivity index (χ0) is 14.1. The number of anilines is 1. The molecule has 0 aromatic heterocycles. The van der Waals surface area contributed by atoms with Crippen molar-refractivity contribution in [2.75, 3.05) is 5.32 Å². The summed E-state index contributed by atoms with van der Waals surface area (Å²) < 4.78 is 13.5. The lowest BCUT2D eigenvalue weighted by molar-refractivity contribution is 0.102. The predicted octanol–water partition coefficient (Wildman–Crippen LogP) is 3.44. The molecule has 0 unspecified atom stereocenters. The summed E-state index contributed by atoms with van der Waals surface area (Å²) in [5.41, 5.74) is 3.53. The lowest BCUT2D eigenvalue weighted by atomic mass is 10.1. The number of nitrogens with one attached hydrogen (secondary N) is 2. The van der Waals surface area contributed by atoms with Crippen molar-refractivity contribution in [2.45, 2.75) is 13.1 Å². The minimum Gasteiger partial charge on any atom is -0.321 e. The van der Waals surface area contributed by atoms with Crippen LogP contribution in [0.1, 0.15) is 21.5 Å². The normalized spacial score (nSPS) is 13.1. The minimum absolute atomic E-state index is 0.202. The van der Waals surface area contributed by atoms with E-state index >= 15 is 0 Å². The quantitative estimate of drug-likeness (QED) is 0.883. The van der Waals surface area contributed by atoms with Crippen molar-refractivity contribution in [2.24, 2.45) is 0 Å². The Labute approximate surface area is 124 Å². The van der Waals surface area contributed by atoms with E-state index in [0.29, 0.717) is 15.7 Å². The number of carbonyl (C=O) groups is 1. The van der Waals surface area contributed by atoms with Gasteiger partial charge in [-0.3, -0.25) is 4.79 Å². The van der Waals surface area contributed by atoms with Gasteiger partial charge in [0.25, 0.3) is 5.91 Å². The molecule has 2 aromatic carbocycles. The van der Waals surface area contributed by atoms with Gasteiger partial charge in [0.2, 0.25) is 0 Å². The first kappa shape index (κ1) is 13.3. The Hall–Kier alpha value is -1.72. The molecule has 1 amide bonds. The van der Waals surface area contributed by atoms with Gasteiger partial charge in [0.05, 0.1) is 5.69 Å². The van der Waals surface area contributed by atoms with Crippen LogP contribution in [0.2, 0.25) is 0 Å². The van der Waals surface area contributed by atoms with Crippen molar-refractivity contribution >= 4 is 27.5 Å². The number of halogens is 2. The van der Waals surface area contributed by atoms with E-state index in [2.05, 4.69) is 26.6 Å². The molecule has 0 fully saturated rings. The summed E-state index contributed by atoms with van der Waals surface area (Å²) in [5.74, 6) is -0.550. The summed E-state index contributed by atoms with van der Waals surface area (Å²) in [7, 11) is 0. The third-order valence-electron chi connectivity index (χ3n) is 3.28.